The van der Waals surface area contributed by atoms with Crippen LogP contribution in [0.4, 0.5) is 0 Å². The van der Waals surface area contributed by atoms with Crippen LogP contribution in [0.2, 0.25) is 0 Å². The molecule has 0 aliphatic carbocycles. The maximum Gasteiger partial charge on any atom is 0.333 e. The van der Waals surface area contributed by atoms with Crippen LogP contribution < -0.4 is 24.2 Å². The van der Waals surface area contributed by atoms with E-state index in [1.165, 1.54) is 29.8 Å². The highest BCUT2D eigenvalue weighted by Gasteiger charge is 2.15. The third kappa shape index (κ3) is 6.95. The van der Waals surface area contributed by atoms with E-state index < -0.39 is 11.5 Å². The summed E-state index contributed by atoms with van der Waals surface area (Å²) in [6, 6.07) is 5.22. The highest BCUT2D eigenvalue weighted by molar-refractivity contribution is 7.07. The van der Waals surface area contributed by atoms with E-state index in [1.807, 2.05) is 0 Å². The standard InChI is InChI=1S/C24H28N2O6S/c1-6-9-25(10-7-2)21(27)16-26-22(15-23(28)32-8-3)33-20(24(26)29)13-17-11-18(30-4)14-19(12-17)31-5/h6-7,11-15H,1-2,8-10,16H2,3-5H3/b20-13-,22-15+. The molecule has 2 aromatic rings. The van der Waals surface area contributed by atoms with Gasteiger partial charge in [0.05, 0.1) is 31.4 Å². The third-order valence-electron chi connectivity index (χ3n) is 4.48. The molecule has 9 heteroatoms. The molecular weight excluding hydrogens is 444 g/mol. The van der Waals surface area contributed by atoms with Gasteiger partial charge < -0.3 is 19.1 Å². The number of hydrogen-bond donors (Lipinski definition) is 0. The molecule has 176 valence electrons. The molecule has 1 amide bonds. The fraction of sp³-hybridized carbons (Fsp3) is 0.292. The smallest absolute Gasteiger partial charge is 0.333 e. The first-order valence-corrected chi connectivity index (χ1v) is 11.0. The number of nitrogens with zero attached hydrogens (tertiary/aromatic N) is 2. The van der Waals surface area contributed by atoms with Gasteiger partial charge in [0, 0.05) is 19.2 Å². The summed E-state index contributed by atoms with van der Waals surface area (Å²) in [5, 5.41) is 0. The molecule has 0 spiro atoms. The van der Waals surface area contributed by atoms with Gasteiger partial charge in [0.25, 0.3) is 5.56 Å². The van der Waals surface area contributed by atoms with Gasteiger partial charge in [-0.3, -0.25) is 14.2 Å². The summed E-state index contributed by atoms with van der Waals surface area (Å²) in [6.07, 6.45) is 6.07. The number of amides is 1. The van der Waals surface area contributed by atoms with E-state index in [1.54, 1.807) is 43.4 Å². The third-order valence-corrected chi connectivity index (χ3v) is 5.54. The first kappa shape index (κ1) is 25.7. The first-order valence-electron chi connectivity index (χ1n) is 10.2. The topological polar surface area (TPSA) is 87.1 Å². The number of carbonyl (C=O) groups excluding carboxylic acids is 2. The first-order chi connectivity index (χ1) is 15.9. The number of methoxy groups -OCH3 is 2. The number of aromatic nitrogens is 1. The molecule has 1 aromatic carbocycles. The molecule has 0 aliphatic heterocycles. The van der Waals surface area contributed by atoms with Gasteiger partial charge in [-0.2, -0.15) is 0 Å². The molecular formula is C24H28N2O6S. The van der Waals surface area contributed by atoms with Crippen LogP contribution in [0.1, 0.15) is 12.5 Å². The van der Waals surface area contributed by atoms with Gasteiger partial charge >= 0.3 is 5.97 Å². The molecule has 0 saturated carbocycles. The predicted molar refractivity (Wildman–Crippen MR) is 129 cm³/mol. The normalized spacial score (nSPS) is 11.7. The van der Waals surface area contributed by atoms with E-state index in [9.17, 15) is 14.4 Å². The molecule has 0 saturated heterocycles. The summed E-state index contributed by atoms with van der Waals surface area (Å²) in [7, 11) is 3.07. The van der Waals surface area contributed by atoms with Crippen molar-refractivity contribution in [1.29, 1.82) is 0 Å². The Bertz CT molecular complexity index is 1160. The highest BCUT2D eigenvalue weighted by atomic mass is 32.1. The number of rotatable bonds is 11. The van der Waals surface area contributed by atoms with Gasteiger partial charge in [0.2, 0.25) is 5.91 Å². The number of thiazole rings is 1. The second kappa shape index (κ2) is 12.4. The van der Waals surface area contributed by atoms with Crippen molar-refractivity contribution in [3.05, 3.63) is 68.6 Å². The monoisotopic (exact) mass is 472 g/mol. The van der Waals surface area contributed by atoms with Gasteiger partial charge in [-0.1, -0.05) is 12.2 Å². The van der Waals surface area contributed by atoms with Crippen molar-refractivity contribution < 1.29 is 23.8 Å². The maximum absolute atomic E-state index is 13.2. The average molecular weight is 473 g/mol. The van der Waals surface area contributed by atoms with Crippen LogP contribution >= 0.6 is 11.3 Å². The Hall–Kier alpha value is -3.59. The minimum Gasteiger partial charge on any atom is -0.497 e. The zero-order chi connectivity index (χ0) is 24.4. The Kier molecular flexibility index (Phi) is 9.68. The van der Waals surface area contributed by atoms with Crippen LogP contribution in [0.25, 0.3) is 12.2 Å². The summed E-state index contributed by atoms with van der Waals surface area (Å²) in [5.41, 5.74) is 0.272. The lowest BCUT2D eigenvalue weighted by Gasteiger charge is -2.19. The van der Waals surface area contributed by atoms with E-state index in [2.05, 4.69) is 13.2 Å². The molecule has 8 nitrogen and oxygen atoms in total. The molecule has 1 aromatic heterocycles. The lowest BCUT2D eigenvalue weighted by Crippen LogP contribution is -2.40. The van der Waals surface area contributed by atoms with Crippen LogP contribution in [0.5, 0.6) is 11.5 Å². The molecule has 0 N–H and O–H groups in total. The summed E-state index contributed by atoms with van der Waals surface area (Å²) < 4.78 is 17.5. The van der Waals surface area contributed by atoms with Gasteiger partial charge in [0.1, 0.15) is 22.7 Å². The number of esters is 1. The number of ether oxygens (including phenoxy) is 3. The van der Waals surface area contributed by atoms with Crippen molar-refractivity contribution in [2.75, 3.05) is 33.9 Å². The molecule has 33 heavy (non-hydrogen) atoms. The van der Waals surface area contributed by atoms with Crippen LogP contribution in [0, 0.1) is 0 Å². The van der Waals surface area contributed by atoms with Crippen LogP contribution in [-0.4, -0.2) is 55.3 Å². The quantitative estimate of drug-likeness (QED) is 0.362. The summed E-state index contributed by atoms with van der Waals surface area (Å²) in [4.78, 5) is 39.6. The zero-order valence-electron chi connectivity index (χ0n) is 19.0. The molecule has 2 rings (SSSR count). The second-order valence-corrected chi connectivity index (χ2v) is 7.82. The van der Waals surface area contributed by atoms with E-state index in [0.29, 0.717) is 39.3 Å². The molecule has 0 bridgehead atoms. The molecule has 0 radical (unpaired) electrons. The highest BCUT2D eigenvalue weighted by Crippen LogP contribution is 2.22. The number of hydrogen-bond acceptors (Lipinski definition) is 7. The fourth-order valence-corrected chi connectivity index (χ4v) is 4.00. The number of carbonyl (C=O) groups is 2. The van der Waals surface area contributed by atoms with Crippen LogP contribution in [-0.2, 0) is 20.9 Å². The van der Waals surface area contributed by atoms with E-state index in [-0.39, 0.29) is 19.1 Å². The second-order valence-electron chi connectivity index (χ2n) is 6.76. The summed E-state index contributed by atoms with van der Waals surface area (Å²) in [5.74, 6) is 0.234. The molecule has 0 fully saturated rings. The number of benzene rings is 1. The van der Waals surface area contributed by atoms with E-state index >= 15 is 0 Å². The Morgan fingerprint density at radius 1 is 1.09 bits per heavy atom. The zero-order valence-corrected chi connectivity index (χ0v) is 19.9. The van der Waals surface area contributed by atoms with Gasteiger partial charge in [-0.15, -0.1) is 24.5 Å². The Morgan fingerprint density at radius 2 is 1.70 bits per heavy atom. The van der Waals surface area contributed by atoms with Crippen molar-refractivity contribution in [2.45, 2.75) is 13.5 Å². The van der Waals surface area contributed by atoms with Crippen molar-refractivity contribution >= 4 is 35.4 Å². The lowest BCUT2D eigenvalue weighted by atomic mass is 10.2. The molecule has 0 atom stereocenters. The largest absolute Gasteiger partial charge is 0.497 e. The Balaban J connectivity index is 2.63. The van der Waals surface area contributed by atoms with Gasteiger partial charge in [-0.05, 0) is 30.7 Å². The van der Waals surface area contributed by atoms with Crippen molar-refractivity contribution in [2.24, 2.45) is 0 Å². The fourth-order valence-electron chi connectivity index (χ4n) is 2.97. The minimum atomic E-state index is -0.594. The van der Waals surface area contributed by atoms with Crippen molar-refractivity contribution in [3.63, 3.8) is 0 Å². The van der Waals surface area contributed by atoms with E-state index in [0.717, 1.165) is 11.3 Å². The van der Waals surface area contributed by atoms with E-state index in [4.69, 9.17) is 14.2 Å². The maximum atomic E-state index is 13.2. The SMILES string of the molecule is C=CCN(CC=C)C(=O)Cn1c(=O)/c(=C/c2cc(OC)cc(OC)c2)s/c1=C/C(=O)OCC. The Labute approximate surface area is 196 Å². The molecule has 0 aliphatic rings. The van der Waals surface area contributed by atoms with Crippen molar-refractivity contribution in [3.8, 4) is 11.5 Å². The molecule has 0 unspecified atom stereocenters. The van der Waals surface area contributed by atoms with Gasteiger partial charge in [0.15, 0.2) is 0 Å². The lowest BCUT2D eigenvalue weighted by molar-refractivity contribution is -0.135. The molecule has 1 heterocycles. The Morgan fingerprint density at radius 3 is 2.21 bits per heavy atom. The minimum absolute atomic E-state index is 0.193. The van der Waals surface area contributed by atoms with Crippen molar-refractivity contribution in [1.82, 2.24) is 9.47 Å². The summed E-state index contributed by atoms with van der Waals surface area (Å²) >= 11 is 1.09. The predicted octanol–water partition coefficient (Wildman–Crippen LogP) is 1.30. The average Bonchev–Trinajstić information content (AvgIpc) is 3.07. The van der Waals surface area contributed by atoms with Gasteiger partial charge in [-0.25, -0.2) is 4.79 Å². The van der Waals surface area contributed by atoms with Crippen LogP contribution in [0.15, 0.2) is 48.3 Å². The summed E-state index contributed by atoms with van der Waals surface area (Å²) in [6.45, 7) is 9.58. The van der Waals surface area contributed by atoms with Crippen LogP contribution in [0.3, 0.4) is 0 Å².